The van der Waals surface area contributed by atoms with E-state index in [1.54, 1.807) is 12.0 Å². The Morgan fingerprint density at radius 2 is 1.92 bits per heavy atom. The van der Waals surface area contributed by atoms with Crippen molar-refractivity contribution in [3.05, 3.63) is 0 Å². The van der Waals surface area contributed by atoms with E-state index in [0.29, 0.717) is 19.0 Å². The van der Waals surface area contributed by atoms with Crippen LogP contribution in [0.3, 0.4) is 0 Å². The minimum Gasteiger partial charge on any atom is -0.453 e. The molecule has 0 radical (unpaired) electrons. The minimum atomic E-state index is -0.270. The van der Waals surface area contributed by atoms with Crippen molar-refractivity contribution in [3.63, 3.8) is 0 Å². The van der Waals surface area contributed by atoms with Crippen molar-refractivity contribution in [2.45, 2.75) is 19.4 Å². The molecule has 0 aromatic carbocycles. The minimum absolute atomic E-state index is 0.159. The predicted molar refractivity (Wildman–Crippen MR) is 48.6 cm³/mol. The highest BCUT2D eigenvalue weighted by Crippen LogP contribution is 2.32. The van der Waals surface area contributed by atoms with Crippen molar-refractivity contribution in [2.24, 2.45) is 5.92 Å². The van der Waals surface area contributed by atoms with Gasteiger partial charge in [0.25, 0.3) is 0 Å². The highest BCUT2D eigenvalue weighted by atomic mass is 16.5. The van der Waals surface area contributed by atoms with Gasteiger partial charge in [-0.05, 0) is 5.92 Å². The lowest BCUT2D eigenvalue weighted by Gasteiger charge is -2.50. The van der Waals surface area contributed by atoms with Crippen molar-refractivity contribution >= 4 is 6.09 Å². The van der Waals surface area contributed by atoms with Crippen molar-refractivity contribution < 1.29 is 14.3 Å². The van der Waals surface area contributed by atoms with Gasteiger partial charge in [0.05, 0.1) is 20.2 Å². The molecule has 1 aliphatic heterocycles. The smallest absolute Gasteiger partial charge is 0.409 e. The molecule has 1 rings (SSSR count). The predicted octanol–water partition coefficient (Wildman–Crippen LogP) is 1.11. The fraction of sp³-hybridized carbons (Fsp3) is 0.889. The molecule has 0 unspecified atom stereocenters. The first-order valence-electron chi connectivity index (χ1n) is 4.44. The van der Waals surface area contributed by atoms with Crippen molar-refractivity contribution in [3.8, 4) is 0 Å². The molecule has 1 fully saturated rings. The van der Waals surface area contributed by atoms with Crippen LogP contribution in [0.2, 0.25) is 0 Å². The average molecular weight is 187 g/mol. The first-order valence-corrected chi connectivity index (χ1v) is 4.44. The van der Waals surface area contributed by atoms with Crippen LogP contribution in [0.15, 0.2) is 0 Å². The molecule has 0 atom stereocenters. The molecule has 1 saturated heterocycles. The molecule has 1 amide bonds. The van der Waals surface area contributed by atoms with Crippen LogP contribution in [0.25, 0.3) is 0 Å². The van der Waals surface area contributed by atoms with Crippen molar-refractivity contribution in [1.29, 1.82) is 0 Å². The Balaban J connectivity index is 2.49. The highest BCUT2D eigenvalue weighted by molar-refractivity contribution is 5.69. The fourth-order valence-electron chi connectivity index (χ4n) is 1.59. The van der Waals surface area contributed by atoms with E-state index in [9.17, 15) is 4.79 Å². The zero-order valence-corrected chi connectivity index (χ0v) is 8.66. The fourth-order valence-corrected chi connectivity index (χ4v) is 1.59. The van der Waals surface area contributed by atoms with Gasteiger partial charge in [0.15, 0.2) is 0 Å². The van der Waals surface area contributed by atoms with Gasteiger partial charge in [-0.1, -0.05) is 13.8 Å². The Morgan fingerprint density at radius 1 is 1.38 bits per heavy atom. The topological polar surface area (TPSA) is 38.8 Å². The van der Waals surface area contributed by atoms with E-state index < -0.39 is 0 Å². The van der Waals surface area contributed by atoms with Crippen LogP contribution in [-0.2, 0) is 9.47 Å². The van der Waals surface area contributed by atoms with Gasteiger partial charge >= 0.3 is 6.09 Å². The Bertz CT molecular complexity index is 197. The third kappa shape index (κ3) is 1.63. The zero-order chi connectivity index (χ0) is 10.1. The summed E-state index contributed by atoms with van der Waals surface area (Å²) in [5.41, 5.74) is -0.159. The Morgan fingerprint density at radius 3 is 2.23 bits per heavy atom. The number of hydrogen-bond donors (Lipinski definition) is 0. The van der Waals surface area contributed by atoms with Crippen LogP contribution in [-0.4, -0.2) is 43.9 Å². The Labute approximate surface area is 78.8 Å². The number of carbonyl (C=O) groups excluding carboxylic acids is 1. The van der Waals surface area contributed by atoms with Gasteiger partial charge in [-0.15, -0.1) is 0 Å². The lowest BCUT2D eigenvalue weighted by molar-refractivity contribution is -0.140. The van der Waals surface area contributed by atoms with Crippen LogP contribution in [0.4, 0.5) is 4.79 Å². The summed E-state index contributed by atoms with van der Waals surface area (Å²) in [7, 11) is 3.08. The maximum Gasteiger partial charge on any atom is 0.409 e. The highest BCUT2D eigenvalue weighted by Gasteiger charge is 2.48. The molecular formula is C9H17NO3. The third-order valence-electron chi connectivity index (χ3n) is 2.81. The normalized spacial score (nSPS) is 19.9. The third-order valence-corrected chi connectivity index (χ3v) is 2.81. The number of ether oxygens (including phenoxy) is 2. The molecule has 76 valence electrons. The first kappa shape index (κ1) is 10.3. The Kier molecular flexibility index (Phi) is 2.81. The molecule has 0 N–H and O–H groups in total. The molecule has 0 bridgehead atoms. The maximum absolute atomic E-state index is 11.1. The van der Waals surface area contributed by atoms with Crippen molar-refractivity contribution in [1.82, 2.24) is 4.90 Å². The van der Waals surface area contributed by atoms with Gasteiger partial charge in [-0.2, -0.15) is 0 Å². The molecular weight excluding hydrogens is 170 g/mol. The largest absolute Gasteiger partial charge is 0.453 e. The number of likely N-dealkylation sites (tertiary alicyclic amines) is 1. The molecule has 1 aliphatic rings. The quantitative estimate of drug-likeness (QED) is 0.650. The monoisotopic (exact) mass is 187 g/mol. The molecule has 1 heterocycles. The van der Waals surface area contributed by atoms with Gasteiger partial charge in [0.2, 0.25) is 0 Å². The van der Waals surface area contributed by atoms with Crippen LogP contribution >= 0.6 is 0 Å². The van der Waals surface area contributed by atoms with E-state index in [1.807, 2.05) is 0 Å². The van der Waals surface area contributed by atoms with Crippen LogP contribution in [0.5, 0.6) is 0 Å². The van der Waals surface area contributed by atoms with E-state index in [1.165, 1.54) is 7.11 Å². The summed E-state index contributed by atoms with van der Waals surface area (Å²) in [5.74, 6) is 0.415. The number of hydrogen-bond acceptors (Lipinski definition) is 3. The molecule has 0 spiro atoms. The maximum atomic E-state index is 11.1. The van der Waals surface area contributed by atoms with E-state index in [-0.39, 0.29) is 11.7 Å². The van der Waals surface area contributed by atoms with Gasteiger partial charge in [-0.25, -0.2) is 4.79 Å². The van der Waals surface area contributed by atoms with E-state index in [0.717, 1.165) is 0 Å². The van der Waals surface area contributed by atoms with E-state index in [4.69, 9.17) is 4.74 Å². The van der Waals surface area contributed by atoms with Crippen molar-refractivity contribution in [2.75, 3.05) is 27.3 Å². The van der Waals surface area contributed by atoms with E-state index in [2.05, 4.69) is 18.6 Å². The summed E-state index contributed by atoms with van der Waals surface area (Å²) in [6.45, 7) is 5.46. The van der Waals surface area contributed by atoms with Gasteiger partial charge < -0.3 is 14.4 Å². The summed E-state index contributed by atoms with van der Waals surface area (Å²) >= 11 is 0. The molecule has 0 aromatic rings. The summed E-state index contributed by atoms with van der Waals surface area (Å²) in [6.07, 6.45) is -0.270. The SMILES string of the molecule is COC(=O)N1CC(OC)(C(C)C)C1. The lowest BCUT2D eigenvalue weighted by Crippen LogP contribution is -2.66. The molecule has 0 aromatic heterocycles. The number of rotatable bonds is 2. The van der Waals surface area contributed by atoms with Crippen LogP contribution in [0, 0.1) is 5.92 Å². The lowest BCUT2D eigenvalue weighted by atomic mass is 9.83. The second kappa shape index (κ2) is 3.54. The second-order valence-corrected chi connectivity index (χ2v) is 3.75. The first-order chi connectivity index (χ1) is 6.05. The summed E-state index contributed by atoms with van der Waals surface area (Å²) in [5, 5.41) is 0. The van der Waals surface area contributed by atoms with Gasteiger partial charge in [-0.3, -0.25) is 0 Å². The molecule has 0 saturated carbocycles. The molecule has 13 heavy (non-hydrogen) atoms. The van der Waals surface area contributed by atoms with Crippen LogP contribution < -0.4 is 0 Å². The standard InChI is InChI=1S/C9H17NO3/c1-7(2)9(13-4)5-10(6-9)8(11)12-3/h7H,5-6H2,1-4H3. The van der Waals surface area contributed by atoms with E-state index >= 15 is 0 Å². The second-order valence-electron chi connectivity index (χ2n) is 3.75. The molecule has 4 heteroatoms. The molecule has 0 aliphatic carbocycles. The summed E-state index contributed by atoms with van der Waals surface area (Å²) in [6, 6.07) is 0. The number of carbonyl (C=O) groups is 1. The number of methoxy groups -OCH3 is 2. The van der Waals surface area contributed by atoms with Gasteiger partial charge in [0.1, 0.15) is 5.60 Å². The molecule has 4 nitrogen and oxygen atoms in total. The van der Waals surface area contributed by atoms with Crippen LogP contribution in [0.1, 0.15) is 13.8 Å². The average Bonchev–Trinajstić information content (AvgIpc) is 2.02. The Hall–Kier alpha value is -0.770. The number of nitrogens with zero attached hydrogens (tertiary/aromatic N) is 1. The summed E-state index contributed by atoms with van der Waals surface area (Å²) in [4.78, 5) is 12.7. The number of amides is 1. The summed E-state index contributed by atoms with van der Waals surface area (Å²) < 4.78 is 10.0. The van der Waals surface area contributed by atoms with Gasteiger partial charge in [0, 0.05) is 7.11 Å². The zero-order valence-electron chi connectivity index (χ0n) is 8.66.